The summed E-state index contributed by atoms with van der Waals surface area (Å²) >= 11 is 5.20. The van der Waals surface area contributed by atoms with E-state index in [2.05, 4.69) is 22.4 Å². The van der Waals surface area contributed by atoms with Gasteiger partial charge in [-0.15, -0.1) is 0 Å². The smallest absolute Gasteiger partial charge is 0.264 e. The molecule has 3 rings (SSSR count). The molecule has 0 spiro atoms. The molecule has 3 N–H and O–H groups in total. The zero-order valence-corrected chi connectivity index (χ0v) is 16.3. The molecule has 1 aromatic heterocycles. The minimum Gasteiger partial charge on any atom is -0.494 e. The normalized spacial score (nSPS) is 16.1. The Labute approximate surface area is 162 Å². The van der Waals surface area contributed by atoms with E-state index in [0.717, 1.165) is 24.2 Å². The third-order valence-corrected chi connectivity index (χ3v) is 4.87. The lowest BCUT2D eigenvalue weighted by Crippen LogP contribution is -2.23. The molecular weight excluding hydrogens is 364 g/mol. The van der Waals surface area contributed by atoms with Crippen molar-refractivity contribution in [1.29, 1.82) is 0 Å². The van der Waals surface area contributed by atoms with Crippen molar-refractivity contribution in [2.75, 3.05) is 6.61 Å². The Morgan fingerprint density at radius 3 is 2.89 bits per heavy atom. The number of ether oxygens (including phenoxy) is 1. The molecular formula is C19H24N4O3S. The molecule has 1 atom stereocenters. The van der Waals surface area contributed by atoms with Gasteiger partial charge in [-0.05, 0) is 31.6 Å². The van der Waals surface area contributed by atoms with E-state index in [4.69, 9.17) is 17.0 Å². The minimum absolute atomic E-state index is 0.128. The van der Waals surface area contributed by atoms with Gasteiger partial charge in [0.25, 0.3) is 5.56 Å². The van der Waals surface area contributed by atoms with Gasteiger partial charge in [-0.25, -0.2) is 0 Å². The zero-order chi connectivity index (χ0) is 19.4. The number of nitrogens with zero attached hydrogens (tertiary/aromatic N) is 2. The molecule has 1 aliphatic heterocycles. The van der Waals surface area contributed by atoms with Gasteiger partial charge >= 0.3 is 0 Å². The van der Waals surface area contributed by atoms with Crippen molar-refractivity contribution in [2.24, 2.45) is 5.10 Å². The number of unbranched alkanes of at least 4 members (excludes halogenated alkanes) is 1. The molecule has 1 aliphatic rings. The summed E-state index contributed by atoms with van der Waals surface area (Å²) in [5.41, 5.74) is 4.27. The Balaban J connectivity index is 1.92. The van der Waals surface area contributed by atoms with Gasteiger partial charge < -0.3 is 15.3 Å². The summed E-state index contributed by atoms with van der Waals surface area (Å²) < 4.78 is 7.47. The number of H-pyrrole nitrogens is 1. The van der Waals surface area contributed by atoms with E-state index in [-0.39, 0.29) is 22.3 Å². The van der Waals surface area contributed by atoms with Gasteiger partial charge in [-0.2, -0.15) is 5.10 Å². The second-order valence-corrected chi connectivity index (χ2v) is 6.76. The maximum atomic E-state index is 12.5. The van der Waals surface area contributed by atoms with Crippen LogP contribution in [0, 0.1) is 4.77 Å². The highest BCUT2D eigenvalue weighted by Crippen LogP contribution is 2.32. The Hall–Kier alpha value is -2.61. The number of hydrazone groups is 1. The molecule has 0 radical (unpaired) electrons. The third-order valence-electron chi connectivity index (χ3n) is 4.54. The summed E-state index contributed by atoms with van der Waals surface area (Å²) in [4.78, 5) is 15.1. The molecule has 0 amide bonds. The van der Waals surface area contributed by atoms with Crippen LogP contribution in [-0.4, -0.2) is 27.0 Å². The van der Waals surface area contributed by atoms with E-state index in [1.165, 1.54) is 0 Å². The topological polar surface area (TPSA) is 91.6 Å². The van der Waals surface area contributed by atoms with Crippen molar-refractivity contribution in [2.45, 2.75) is 45.7 Å². The number of hydrogen-bond donors (Lipinski definition) is 3. The minimum atomic E-state index is -0.426. The molecule has 0 fully saturated rings. The maximum Gasteiger partial charge on any atom is 0.264 e. The molecule has 8 heteroatoms. The number of para-hydroxylation sites is 1. The number of nitrogens with one attached hydrogen (secondary N) is 2. The number of hydrogen-bond acceptors (Lipinski definition) is 6. The number of aromatic hydroxyl groups is 1. The Morgan fingerprint density at radius 1 is 1.37 bits per heavy atom. The Bertz CT molecular complexity index is 964. The summed E-state index contributed by atoms with van der Waals surface area (Å²) in [6, 6.07) is 7.61. The van der Waals surface area contributed by atoms with E-state index in [1.807, 2.05) is 31.2 Å². The molecule has 2 aromatic rings. The fourth-order valence-corrected chi connectivity index (χ4v) is 3.45. The maximum absolute atomic E-state index is 12.5. The van der Waals surface area contributed by atoms with Gasteiger partial charge in [0.15, 0.2) is 4.77 Å². The van der Waals surface area contributed by atoms with Crippen LogP contribution in [0.5, 0.6) is 11.6 Å². The monoisotopic (exact) mass is 388 g/mol. The van der Waals surface area contributed by atoms with Gasteiger partial charge in [0.1, 0.15) is 11.3 Å². The van der Waals surface area contributed by atoms with Gasteiger partial charge in [-0.1, -0.05) is 31.5 Å². The highest BCUT2D eigenvalue weighted by Gasteiger charge is 2.28. The molecule has 0 aliphatic carbocycles. The van der Waals surface area contributed by atoms with Gasteiger partial charge in [-0.3, -0.25) is 14.3 Å². The molecule has 0 bridgehead atoms. The fourth-order valence-electron chi connectivity index (χ4n) is 3.18. The highest BCUT2D eigenvalue weighted by atomic mass is 32.1. The average Bonchev–Trinajstić information content (AvgIpc) is 3.11. The van der Waals surface area contributed by atoms with Crippen LogP contribution < -0.4 is 15.7 Å². The number of aromatic amines is 1. The third kappa shape index (κ3) is 3.90. The molecule has 0 saturated heterocycles. The summed E-state index contributed by atoms with van der Waals surface area (Å²) in [7, 11) is 0. The van der Waals surface area contributed by atoms with E-state index < -0.39 is 5.56 Å². The lowest BCUT2D eigenvalue weighted by molar-refractivity contribution is 0.332. The number of aromatic nitrogens is 2. The van der Waals surface area contributed by atoms with E-state index in [1.54, 1.807) is 4.57 Å². The first-order chi connectivity index (χ1) is 13.1. The van der Waals surface area contributed by atoms with Crippen LogP contribution in [0.15, 0.2) is 34.2 Å². The molecule has 1 aromatic carbocycles. The first kappa shape index (κ1) is 19.2. The lowest BCUT2D eigenvalue weighted by atomic mass is 9.99. The van der Waals surface area contributed by atoms with Crippen LogP contribution >= 0.6 is 12.2 Å². The van der Waals surface area contributed by atoms with Crippen molar-refractivity contribution >= 4 is 17.9 Å². The summed E-state index contributed by atoms with van der Waals surface area (Å²) in [6.07, 6.45) is 2.27. The molecule has 0 unspecified atom stereocenters. The first-order valence-corrected chi connectivity index (χ1v) is 9.57. The predicted molar refractivity (Wildman–Crippen MR) is 107 cm³/mol. The van der Waals surface area contributed by atoms with Crippen molar-refractivity contribution in [3.63, 3.8) is 0 Å². The molecule has 0 saturated carbocycles. The van der Waals surface area contributed by atoms with Crippen molar-refractivity contribution in [3.05, 3.63) is 50.5 Å². The number of rotatable bonds is 7. The van der Waals surface area contributed by atoms with Gasteiger partial charge in [0, 0.05) is 18.5 Å². The number of benzene rings is 1. The van der Waals surface area contributed by atoms with E-state index >= 15 is 0 Å². The van der Waals surface area contributed by atoms with Crippen molar-refractivity contribution < 1.29 is 9.84 Å². The molecule has 2 heterocycles. The lowest BCUT2D eigenvalue weighted by Gasteiger charge is -2.15. The van der Waals surface area contributed by atoms with Gasteiger partial charge in [0.05, 0.1) is 18.4 Å². The predicted octanol–water partition coefficient (Wildman–Crippen LogP) is 3.25. The van der Waals surface area contributed by atoms with Crippen molar-refractivity contribution in [3.8, 4) is 11.6 Å². The molecule has 7 nitrogen and oxygen atoms in total. The molecule has 144 valence electrons. The Morgan fingerprint density at radius 2 is 2.15 bits per heavy atom. The van der Waals surface area contributed by atoms with Crippen LogP contribution in [0.2, 0.25) is 0 Å². The average molecular weight is 388 g/mol. The quantitative estimate of drug-likeness (QED) is 0.633. The zero-order valence-electron chi connectivity index (χ0n) is 15.5. The van der Waals surface area contributed by atoms with E-state index in [9.17, 15) is 9.90 Å². The first-order valence-electron chi connectivity index (χ1n) is 9.17. The molecule has 27 heavy (non-hydrogen) atoms. The fraction of sp³-hybridized carbons (Fsp3) is 0.421. The largest absolute Gasteiger partial charge is 0.494 e. The second-order valence-electron chi connectivity index (χ2n) is 6.38. The summed E-state index contributed by atoms with van der Waals surface area (Å²) in [5, 5.41) is 15.0. The summed E-state index contributed by atoms with van der Waals surface area (Å²) in [6.45, 7) is 5.10. The second kappa shape index (κ2) is 8.39. The Kier molecular flexibility index (Phi) is 5.95. The standard InChI is InChI=1S/C19H24N4O3S/c1-3-5-10-23-18(25)16(17(24)20-19(23)27)14-11-13(21-22-14)12-8-6-7-9-15(12)26-4-2/h6-9,13,21,25H,3-5,10-11H2,1-2H3,(H,20,24,27)/t13-/m0/s1. The van der Waals surface area contributed by atoms with Crippen LogP contribution in [-0.2, 0) is 6.54 Å². The van der Waals surface area contributed by atoms with Crippen LogP contribution in [0.3, 0.4) is 0 Å². The van der Waals surface area contributed by atoms with Crippen molar-refractivity contribution in [1.82, 2.24) is 15.0 Å². The highest BCUT2D eigenvalue weighted by molar-refractivity contribution is 7.71. The van der Waals surface area contributed by atoms with Crippen LogP contribution in [0.25, 0.3) is 0 Å². The van der Waals surface area contributed by atoms with E-state index in [0.29, 0.717) is 25.3 Å². The van der Waals surface area contributed by atoms with Crippen LogP contribution in [0.4, 0.5) is 0 Å². The van der Waals surface area contributed by atoms with Crippen LogP contribution in [0.1, 0.15) is 50.3 Å². The van der Waals surface area contributed by atoms with Gasteiger partial charge in [0.2, 0.25) is 5.88 Å². The summed E-state index contributed by atoms with van der Waals surface area (Å²) in [5.74, 6) is 0.655. The SMILES string of the molecule is CCCCn1c(O)c(C2=NN[C@H](c3ccccc3OCC)C2)c(=O)[nH]c1=S.